The van der Waals surface area contributed by atoms with Crippen LogP contribution in [-0.2, 0) is 4.74 Å². The summed E-state index contributed by atoms with van der Waals surface area (Å²) < 4.78 is 5.33. The quantitative estimate of drug-likeness (QED) is 0.294. The second kappa shape index (κ2) is 2.43. The lowest BCUT2D eigenvalue weighted by atomic mass is 10.0. The van der Waals surface area contributed by atoms with Crippen molar-refractivity contribution in [2.24, 2.45) is 0 Å². The first-order chi connectivity index (χ1) is 5.89. The van der Waals surface area contributed by atoms with E-state index in [2.05, 4.69) is 0 Å². The molecule has 5 heteroatoms. The van der Waals surface area contributed by atoms with Gasteiger partial charge < -0.3 is 19.7 Å². The first-order valence-corrected chi connectivity index (χ1v) is 7.29. The fourth-order valence-electron chi connectivity index (χ4n) is 2.02. The van der Waals surface area contributed by atoms with Crippen molar-refractivity contribution in [3.8, 4) is 0 Å². The molecule has 0 saturated carbocycles. The van der Waals surface area contributed by atoms with Crippen LogP contribution >= 0.6 is 0 Å². The van der Waals surface area contributed by atoms with Gasteiger partial charge in [0, 0.05) is 0 Å². The van der Waals surface area contributed by atoms with Crippen molar-refractivity contribution in [2.45, 2.75) is 36.6 Å². The normalized spacial score (nSPS) is 48.8. The van der Waals surface area contributed by atoms with E-state index in [0.717, 1.165) is 0 Å². The molecule has 1 saturated heterocycles. The molecule has 2 unspecified atom stereocenters. The van der Waals surface area contributed by atoms with Crippen LogP contribution in [0.5, 0.6) is 0 Å². The van der Waals surface area contributed by atoms with Crippen molar-refractivity contribution in [3.05, 3.63) is 12.2 Å². The van der Waals surface area contributed by atoms with Crippen LogP contribution in [0.3, 0.4) is 0 Å². The van der Waals surface area contributed by atoms with Gasteiger partial charge >= 0.3 is 0 Å². The van der Waals surface area contributed by atoms with Crippen LogP contribution in [0.2, 0.25) is 13.1 Å². The highest BCUT2D eigenvalue weighted by atomic mass is 28.4. The monoisotopic (exact) mass is 202 g/mol. The third-order valence-corrected chi connectivity index (χ3v) is 5.50. The smallest absolute Gasteiger partial charge is 0.221 e. The van der Waals surface area contributed by atoms with E-state index in [1.807, 2.05) is 0 Å². The number of rotatable bonds is 1. The Bertz CT molecular complexity index is 259. The van der Waals surface area contributed by atoms with Gasteiger partial charge in [-0.1, -0.05) is 12.2 Å². The molecule has 0 amide bonds. The first-order valence-electron chi connectivity index (χ1n) is 4.34. The van der Waals surface area contributed by atoms with Gasteiger partial charge in [-0.05, 0) is 13.1 Å². The summed E-state index contributed by atoms with van der Waals surface area (Å²) in [6.07, 6.45) is 1.10. The van der Waals surface area contributed by atoms with Crippen molar-refractivity contribution in [3.63, 3.8) is 0 Å². The molecule has 1 aliphatic carbocycles. The Morgan fingerprint density at radius 1 is 1.31 bits per heavy atom. The standard InChI is InChI=1S/C8H14O4Si/c1-13(2,11)8-6(12-8)4-3-5(9)7(8)10/h3-7,9-11H,1-2H3/t5-,6?,7-,8?/m0/s1. The predicted molar refractivity (Wildman–Crippen MR) is 48.5 cm³/mol. The number of aliphatic hydroxyl groups excluding tert-OH is 2. The number of aliphatic hydroxyl groups is 2. The molecule has 4 atom stereocenters. The lowest BCUT2D eigenvalue weighted by molar-refractivity contribution is 0.00941. The maximum Gasteiger partial charge on any atom is 0.221 e. The van der Waals surface area contributed by atoms with Crippen LogP contribution in [0.1, 0.15) is 0 Å². The largest absolute Gasteiger partial charge is 0.429 e. The van der Waals surface area contributed by atoms with Crippen molar-refractivity contribution in [1.82, 2.24) is 0 Å². The van der Waals surface area contributed by atoms with Gasteiger partial charge in [-0.3, -0.25) is 0 Å². The van der Waals surface area contributed by atoms with Gasteiger partial charge in [0.15, 0.2) is 0 Å². The minimum absolute atomic E-state index is 0.211. The molecule has 2 aliphatic rings. The Morgan fingerprint density at radius 3 is 2.38 bits per heavy atom. The summed E-state index contributed by atoms with van der Waals surface area (Å²) in [6.45, 7) is 3.42. The minimum Gasteiger partial charge on any atom is -0.429 e. The molecule has 0 spiro atoms. The Kier molecular flexibility index (Phi) is 1.75. The predicted octanol–water partition coefficient (Wildman–Crippen LogP) is -0.848. The number of ether oxygens (including phenoxy) is 1. The zero-order valence-corrected chi connectivity index (χ0v) is 8.64. The molecule has 0 bridgehead atoms. The average Bonchev–Trinajstić information content (AvgIpc) is 2.72. The highest BCUT2D eigenvalue weighted by Crippen LogP contribution is 2.49. The summed E-state index contributed by atoms with van der Waals surface area (Å²) in [7, 11) is -2.59. The van der Waals surface area contributed by atoms with Gasteiger partial charge in [0.05, 0.1) is 0 Å². The lowest BCUT2D eigenvalue weighted by Crippen LogP contribution is -2.58. The fraction of sp³-hybridized carbons (Fsp3) is 0.750. The Balaban J connectivity index is 2.33. The Morgan fingerprint density at radius 2 is 1.92 bits per heavy atom. The van der Waals surface area contributed by atoms with Gasteiger partial charge in [0.1, 0.15) is 23.5 Å². The van der Waals surface area contributed by atoms with Crippen molar-refractivity contribution in [2.75, 3.05) is 0 Å². The third kappa shape index (κ3) is 1.05. The first kappa shape index (κ1) is 9.36. The van der Waals surface area contributed by atoms with E-state index >= 15 is 0 Å². The van der Waals surface area contributed by atoms with Crippen LogP contribution in [0.25, 0.3) is 0 Å². The fourth-order valence-corrected chi connectivity index (χ4v) is 4.13. The maximum absolute atomic E-state index is 9.94. The molecule has 1 aliphatic heterocycles. The number of epoxide rings is 1. The van der Waals surface area contributed by atoms with E-state index in [1.165, 1.54) is 6.08 Å². The highest BCUT2D eigenvalue weighted by Gasteiger charge is 2.72. The number of hydrogen-bond acceptors (Lipinski definition) is 4. The zero-order chi connectivity index (χ0) is 9.85. The lowest BCUT2D eigenvalue weighted by Gasteiger charge is -2.32. The Labute approximate surface area is 77.6 Å². The van der Waals surface area contributed by atoms with Crippen LogP contribution < -0.4 is 0 Å². The van der Waals surface area contributed by atoms with E-state index in [-0.39, 0.29) is 6.10 Å². The second-order valence-electron chi connectivity index (χ2n) is 4.21. The average molecular weight is 202 g/mol. The SMILES string of the molecule is C[Si](C)(O)C12OC1C=C[C@H](O)[C@@H]2O. The molecule has 4 nitrogen and oxygen atoms in total. The molecule has 0 radical (unpaired) electrons. The molecule has 0 aromatic carbocycles. The van der Waals surface area contributed by atoms with Crippen molar-refractivity contribution >= 4 is 8.32 Å². The van der Waals surface area contributed by atoms with Crippen molar-refractivity contribution in [1.29, 1.82) is 0 Å². The van der Waals surface area contributed by atoms with E-state index < -0.39 is 25.7 Å². The summed E-state index contributed by atoms with van der Waals surface area (Å²) in [6, 6.07) is 0. The van der Waals surface area contributed by atoms with E-state index in [0.29, 0.717) is 0 Å². The van der Waals surface area contributed by atoms with E-state index in [4.69, 9.17) is 4.74 Å². The summed E-state index contributed by atoms with van der Waals surface area (Å²) in [5.74, 6) is 0. The number of fused-ring (bicyclic) bond motifs is 1. The van der Waals surface area contributed by atoms with Gasteiger partial charge in [0.2, 0.25) is 8.32 Å². The molecular formula is C8H14O4Si. The zero-order valence-electron chi connectivity index (χ0n) is 7.64. The van der Waals surface area contributed by atoms with Crippen molar-refractivity contribution < 1.29 is 19.7 Å². The highest BCUT2D eigenvalue weighted by molar-refractivity contribution is 6.74. The van der Waals surface area contributed by atoms with Crippen LogP contribution in [-0.4, -0.2) is 46.9 Å². The van der Waals surface area contributed by atoms with Gasteiger partial charge in [-0.25, -0.2) is 0 Å². The molecule has 1 fully saturated rings. The third-order valence-electron chi connectivity index (χ3n) is 2.89. The second-order valence-corrected chi connectivity index (χ2v) is 8.11. The van der Waals surface area contributed by atoms with Gasteiger partial charge in [-0.2, -0.15) is 0 Å². The minimum atomic E-state index is -2.59. The maximum atomic E-state index is 9.94. The summed E-state index contributed by atoms with van der Waals surface area (Å²) >= 11 is 0. The summed E-state index contributed by atoms with van der Waals surface area (Å²) in [4.78, 5) is 9.94. The van der Waals surface area contributed by atoms with Gasteiger partial charge in [0.25, 0.3) is 0 Å². The van der Waals surface area contributed by atoms with Crippen LogP contribution in [0.15, 0.2) is 12.2 Å². The molecule has 74 valence electrons. The van der Waals surface area contributed by atoms with E-state index in [1.54, 1.807) is 19.2 Å². The molecular weight excluding hydrogens is 188 g/mol. The van der Waals surface area contributed by atoms with Crippen LogP contribution in [0.4, 0.5) is 0 Å². The topological polar surface area (TPSA) is 73.2 Å². The molecule has 0 aromatic heterocycles. The molecule has 2 rings (SSSR count). The molecule has 0 aromatic rings. The summed E-state index contributed by atoms with van der Waals surface area (Å²) in [5, 5.41) is 18.2. The number of hydrogen-bond donors (Lipinski definition) is 3. The molecule has 3 N–H and O–H groups in total. The van der Waals surface area contributed by atoms with Crippen LogP contribution in [0, 0.1) is 0 Å². The Hall–Kier alpha value is -0.203. The summed E-state index contributed by atoms with van der Waals surface area (Å²) in [5.41, 5.74) is 0. The molecule has 1 heterocycles. The van der Waals surface area contributed by atoms with E-state index in [9.17, 15) is 15.0 Å². The molecule has 13 heavy (non-hydrogen) atoms. The van der Waals surface area contributed by atoms with Gasteiger partial charge in [-0.15, -0.1) is 0 Å².